The normalized spacial score (nSPS) is 10.1. The molecule has 66 valence electrons. The van der Waals surface area contributed by atoms with Gasteiger partial charge in [-0.25, -0.2) is 0 Å². The van der Waals surface area contributed by atoms with Gasteiger partial charge in [0.1, 0.15) is 0 Å². The van der Waals surface area contributed by atoms with Crippen molar-refractivity contribution in [1.29, 1.82) is 0 Å². The molecule has 0 unspecified atom stereocenters. The highest BCUT2D eigenvalue weighted by atomic mass is 79.9. The molecule has 0 aliphatic carbocycles. The summed E-state index contributed by atoms with van der Waals surface area (Å²) in [7, 11) is 0. The molecule has 1 heterocycles. The molecule has 0 fully saturated rings. The van der Waals surface area contributed by atoms with Gasteiger partial charge in [-0.05, 0) is 0 Å². The van der Waals surface area contributed by atoms with Gasteiger partial charge >= 0.3 is 0 Å². The van der Waals surface area contributed by atoms with E-state index in [1.54, 1.807) is 0 Å². The molecule has 0 aliphatic heterocycles. The van der Waals surface area contributed by atoms with Gasteiger partial charge in [0.15, 0.2) is 5.82 Å². The Kier molecular flexibility index (Phi) is 3.96. The van der Waals surface area contributed by atoms with E-state index in [0.29, 0.717) is 0 Å². The molecular formula is C7H10BrN3O. The first-order valence-electron chi connectivity index (χ1n) is 3.58. The predicted molar refractivity (Wildman–Crippen MR) is 48.9 cm³/mol. The zero-order valence-electron chi connectivity index (χ0n) is 6.59. The van der Waals surface area contributed by atoms with E-state index in [9.17, 15) is 0 Å². The van der Waals surface area contributed by atoms with Crippen LogP contribution in [0.1, 0.15) is 5.82 Å². The molecular weight excluding hydrogens is 222 g/mol. The second-order valence-corrected chi connectivity index (χ2v) is 3.41. The van der Waals surface area contributed by atoms with Crippen molar-refractivity contribution in [2.24, 2.45) is 0 Å². The van der Waals surface area contributed by atoms with E-state index in [2.05, 4.69) is 42.5 Å². The van der Waals surface area contributed by atoms with Crippen molar-refractivity contribution in [2.75, 3.05) is 13.1 Å². The summed E-state index contributed by atoms with van der Waals surface area (Å²) in [6, 6.07) is 0. The number of rotatable bonds is 5. The number of hydrogen-bond donors (Lipinski definition) is 1. The van der Waals surface area contributed by atoms with Gasteiger partial charge < -0.3 is 9.84 Å². The van der Waals surface area contributed by atoms with Crippen LogP contribution in [-0.4, -0.2) is 23.2 Å². The minimum atomic E-state index is 0.725. The van der Waals surface area contributed by atoms with Crippen molar-refractivity contribution in [1.82, 2.24) is 15.5 Å². The SMILES string of the molecule is C=C(Br)CNCCc1ncon1. The standard InChI is InChI=1S/C7H10BrN3O/c1-6(8)4-9-3-2-7-10-5-12-11-7/h5,9H,1-4H2. The Morgan fingerprint density at radius 3 is 3.17 bits per heavy atom. The lowest BCUT2D eigenvalue weighted by Crippen LogP contribution is -2.18. The van der Waals surface area contributed by atoms with E-state index >= 15 is 0 Å². The molecule has 12 heavy (non-hydrogen) atoms. The summed E-state index contributed by atoms with van der Waals surface area (Å²) in [6.45, 7) is 5.28. The van der Waals surface area contributed by atoms with Crippen molar-refractivity contribution in [3.05, 3.63) is 23.3 Å². The second-order valence-electron chi connectivity index (χ2n) is 2.29. The van der Waals surface area contributed by atoms with Crippen molar-refractivity contribution < 1.29 is 4.52 Å². The molecule has 0 aromatic carbocycles. The Bertz CT molecular complexity index is 235. The van der Waals surface area contributed by atoms with Gasteiger partial charge in [0.25, 0.3) is 0 Å². The van der Waals surface area contributed by atoms with Gasteiger partial charge in [-0.3, -0.25) is 0 Å². The third kappa shape index (κ3) is 3.64. The van der Waals surface area contributed by atoms with Crippen LogP contribution < -0.4 is 5.32 Å². The highest BCUT2D eigenvalue weighted by Crippen LogP contribution is 1.96. The van der Waals surface area contributed by atoms with E-state index in [1.165, 1.54) is 6.39 Å². The summed E-state index contributed by atoms with van der Waals surface area (Å²) in [6.07, 6.45) is 2.11. The van der Waals surface area contributed by atoms with Gasteiger partial charge in [0, 0.05) is 24.0 Å². The molecule has 4 nitrogen and oxygen atoms in total. The van der Waals surface area contributed by atoms with Crippen LogP contribution >= 0.6 is 15.9 Å². The second kappa shape index (κ2) is 5.05. The quantitative estimate of drug-likeness (QED) is 0.772. The fraction of sp³-hybridized carbons (Fsp3) is 0.429. The Morgan fingerprint density at radius 1 is 1.75 bits per heavy atom. The fourth-order valence-corrected chi connectivity index (χ4v) is 0.925. The minimum absolute atomic E-state index is 0.725. The Balaban J connectivity index is 2.07. The average molecular weight is 232 g/mol. The topological polar surface area (TPSA) is 51.0 Å². The molecule has 0 saturated carbocycles. The van der Waals surface area contributed by atoms with Gasteiger partial charge in [-0.1, -0.05) is 27.7 Å². The monoisotopic (exact) mass is 231 g/mol. The lowest BCUT2D eigenvalue weighted by Gasteiger charge is -1.99. The average Bonchev–Trinajstić information content (AvgIpc) is 2.49. The fourth-order valence-electron chi connectivity index (χ4n) is 0.727. The molecule has 0 atom stereocenters. The lowest BCUT2D eigenvalue weighted by molar-refractivity contribution is 0.409. The Morgan fingerprint density at radius 2 is 2.58 bits per heavy atom. The first kappa shape index (κ1) is 9.41. The highest BCUT2D eigenvalue weighted by molar-refractivity contribution is 9.11. The largest absolute Gasteiger partial charge is 0.343 e. The molecule has 1 aromatic rings. The smallest absolute Gasteiger partial charge is 0.213 e. The van der Waals surface area contributed by atoms with Crippen molar-refractivity contribution in [2.45, 2.75) is 6.42 Å². The summed E-state index contributed by atoms with van der Waals surface area (Å²) in [5, 5.41) is 6.83. The van der Waals surface area contributed by atoms with Crippen LogP contribution in [0, 0.1) is 0 Å². The summed E-state index contributed by atoms with van der Waals surface area (Å²) in [5.74, 6) is 0.725. The first-order valence-corrected chi connectivity index (χ1v) is 4.37. The maximum atomic E-state index is 4.58. The molecule has 1 aromatic heterocycles. The van der Waals surface area contributed by atoms with Crippen LogP contribution in [0.5, 0.6) is 0 Å². The third-order valence-corrected chi connectivity index (χ3v) is 1.53. The van der Waals surface area contributed by atoms with E-state index < -0.39 is 0 Å². The summed E-state index contributed by atoms with van der Waals surface area (Å²) < 4.78 is 5.52. The number of hydrogen-bond acceptors (Lipinski definition) is 4. The Hall–Kier alpha value is -0.680. The molecule has 0 bridgehead atoms. The molecule has 0 aliphatic rings. The minimum Gasteiger partial charge on any atom is -0.343 e. The number of nitrogens with zero attached hydrogens (tertiary/aromatic N) is 2. The summed E-state index contributed by atoms with van der Waals surface area (Å²) in [5.41, 5.74) is 0. The van der Waals surface area contributed by atoms with Crippen LogP contribution in [0.25, 0.3) is 0 Å². The summed E-state index contributed by atoms with van der Waals surface area (Å²) in [4.78, 5) is 3.88. The molecule has 0 saturated heterocycles. The van der Waals surface area contributed by atoms with Crippen molar-refractivity contribution in [3.63, 3.8) is 0 Å². The molecule has 0 spiro atoms. The molecule has 0 radical (unpaired) electrons. The maximum Gasteiger partial charge on any atom is 0.213 e. The predicted octanol–water partition coefficient (Wildman–Crippen LogP) is 1.11. The van der Waals surface area contributed by atoms with E-state index in [0.717, 1.165) is 29.8 Å². The molecule has 1 N–H and O–H groups in total. The zero-order chi connectivity index (χ0) is 8.81. The van der Waals surface area contributed by atoms with Crippen molar-refractivity contribution >= 4 is 15.9 Å². The third-order valence-electron chi connectivity index (χ3n) is 1.25. The van der Waals surface area contributed by atoms with Gasteiger partial charge in [0.05, 0.1) is 0 Å². The van der Waals surface area contributed by atoms with Crippen LogP contribution in [0.15, 0.2) is 22.0 Å². The van der Waals surface area contributed by atoms with Gasteiger partial charge in [-0.15, -0.1) is 0 Å². The lowest BCUT2D eigenvalue weighted by atomic mass is 10.4. The van der Waals surface area contributed by atoms with Crippen LogP contribution in [0.4, 0.5) is 0 Å². The maximum absolute atomic E-state index is 4.58. The van der Waals surface area contributed by atoms with Crippen LogP contribution in [0.3, 0.4) is 0 Å². The number of aromatic nitrogens is 2. The highest BCUT2D eigenvalue weighted by Gasteiger charge is 1.96. The van der Waals surface area contributed by atoms with E-state index in [-0.39, 0.29) is 0 Å². The summed E-state index contributed by atoms with van der Waals surface area (Å²) >= 11 is 3.25. The first-order chi connectivity index (χ1) is 5.79. The zero-order valence-corrected chi connectivity index (χ0v) is 8.17. The van der Waals surface area contributed by atoms with Crippen molar-refractivity contribution in [3.8, 4) is 0 Å². The number of halogens is 1. The molecule has 5 heteroatoms. The van der Waals surface area contributed by atoms with Crippen LogP contribution in [0.2, 0.25) is 0 Å². The number of nitrogens with one attached hydrogen (secondary N) is 1. The van der Waals surface area contributed by atoms with Crippen LogP contribution in [-0.2, 0) is 6.42 Å². The van der Waals surface area contributed by atoms with E-state index in [4.69, 9.17) is 0 Å². The van der Waals surface area contributed by atoms with E-state index in [1.807, 2.05) is 0 Å². The Labute approximate surface area is 79.2 Å². The van der Waals surface area contributed by atoms with Gasteiger partial charge in [0.2, 0.25) is 6.39 Å². The molecule has 0 amide bonds. The van der Waals surface area contributed by atoms with Gasteiger partial charge in [-0.2, -0.15) is 4.98 Å². The molecule has 1 rings (SSSR count).